The van der Waals surface area contributed by atoms with E-state index in [-0.39, 0.29) is 3.76 Å². The van der Waals surface area contributed by atoms with E-state index >= 15 is 0 Å². The lowest BCUT2D eigenvalue weighted by atomic mass is 10.2. The van der Waals surface area contributed by atoms with E-state index in [1.54, 1.807) is 6.92 Å². The average molecular weight is 244 g/mol. The third-order valence-corrected chi connectivity index (χ3v) is 3.08. The Kier molecular flexibility index (Phi) is 2.32. The maximum atomic E-state index is 12.4. The van der Waals surface area contributed by atoms with Crippen LogP contribution in [0.4, 0.5) is 8.78 Å². The molecule has 3 heteroatoms. The van der Waals surface area contributed by atoms with E-state index in [9.17, 15) is 8.78 Å². The van der Waals surface area contributed by atoms with Crippen LogP contribution in [0.1, 0.15) is 13.3 Å². The molecule has 0 saturated heterocycles. The molecule has 0 spiro atoms. The molecule has 0 amide bonds. The molecule has 0 aromatic carbocycles. The summed E-state index contributed by atoms with van der Waals surface area (Å²) >= 11 is -0.931. The summed E-state index contributed by atoms with van der Waals surface area (Å²) in [5.74, 6) is 0. The quantitative estimate of drug-likeness (QED) is 0.454. The van der Waals surface area contributed by atoms with E-state index in [2.05, 4.69) is 0 Å². The van der Waals surface area contributed by atoms with E-state index in [1.807, 2.05) is 0 Å². The third kappa shape index (κ3) is 2.12. The van der Waals surface area contributed by atoms with Crippen molar-refractivity contribution in [2.75, 3.05) is 0 Å². The van der Waals surface area contributed by atoms with Gasteiger partial charge >= 0.3 is 0 Å². The fourth-order valence-electron chi connectivity index (χ4n) is 0.672. The third-order valence-electron chi connectivity index (χ3n) is 1.05. The first-order valence-electron chi connectivity index (χ1n) is 2.65. The van der Waals surface area contributed by atoms with Gasteiger partial charge < -0.3 is 0 Å². The Bertz CT molecular complexity index is 172. The smallest absolute Gasteiger partial charge is 0.153 e. The van der Waals surface area contributed by atoms with Crippen LogP contribution < -0.4 is 0 Å². The first-order chi connectivity index (χ1) is 4.18. The minimum Gasteiger partial charge on any atom is -0.236 e. The summed E-state index contributed by atoms with van der Waals surface area (Å²) in [6.45, 7) is 1.76. The molecule has 0 fully saturated rings. The molecular weight excluding hydrogens is 237 g/mol. The standard InChI is InChI=1S/C6H7F2I/c1-4-2-5(7)9-6(8)3-4/h2,6H,3H2,1H3. The number of hydrogen-bond acceptors (Lipinski definition) is 0. The minimum absolute atomic E-state index is 0.218. The van der Waals surface area contributed by atoms with Gasteiger partial charge in [0.25, 0.3) is 0 Å². The number of rotatable bonds is 0. The second-order valence-corrected chi connectivity index (χ2v) is 4.99. The van der Waals surface area contributed by atoms with Gasteiger partial charge in [-0.2, -0.15) is 0 Å². The van der Waals surface area contributed by atoms with E-state index in [1.165, 1.54) is 6.08 Å². The Morgan fingerprint density at radius 2 is 2.44 bits per heavy atom. The molecule has 1 heterocycles. The van der Waals surface area contributed by atoms with Crippen LogP contribution in [0, 0.1) is 0 Å². The molecule has 0 aromatic rings. The lowest BCUT2D eigenvalue weighted by molar-refractivity contribution is 0.469. The predicted molar refractivity (Wildman–Crippen MR) is 43.4 cm³/mol. The van der Waals surface area contributed by atoms with E-state index < -0.39 is 24.9 Å². The van der Waals surface area contributed by atoms with Gasteiger partial charge in [-0.3, -0.25) is 0 Å². The summed E-state index contributed by atoms with van der Waals surface area (Å²) in [6, 6.07) is 0. The van der Waals surface area contributed by atoms with Gasteiger partial charge in [-0.05, 0) is 33.7 Å². The monoisotopic (exact) mass is 244 g/mol. The average Bonchev–Trinajstić information content (AvgIpc) is 1.59. The van der Waals surface area contributed by atoms with E-state index in [4.69, 9.17) is 0 Å². The van der Waals surface area contributed by atoms with Gasteiger partial charge in [-0.25, -0.2) is 8.78 Å². The Labute approximate surface area is 62.7 Å². The molecule has 52 valence electrons. The van der Waals surface area contributed by atoms with E-state index in [0.29, 0.717) is 6.42 Å². The van der Waals surface area contributed by atoms with Crippen LogP contribution in [0.25, 0.3) is 0 Å². The van der Waals surface area contributed by atoms with Crippen LogP contribution in [0.3, 0.4) is 0 Å². The Morgan fingerprint density at radius 1 is 1.78 bits per heavy atom. The molecule has 0 aromatic heterocycles. The van der Waals surface area contributed by atoms with Crippen molar-refractivity contribution in [2.24, 2.45) is 0 Å². The van der Waals surface area contributed by atoms with Crippen LogP contribution in [0.15, 0.2) is 11.6 Å². The zero-order chi connectivity index (χ0) is 6.85. The Morgan fingerprint density at radius 3 is 2.89 bits per heavy atom. The van der Waals surface area contributed by atoms with Crippen molar-refractivity contribution in [1.82, 2.24) is 0 Å². The number of halogens is 3. The van der Waals surface area contributed by atoms with E-state index in [0.717, 1.165) is 5.57 Å². The molecule has 1 rings (SSSR count). The van der Waals surface area contributed by atoms with Gasteiger partial charge in [0.05, 0.1) is 0 Å². The zero-order valence-corrected chi connectivity index (χ0v) is 7.15. The molecule has 0 aliphatic carbocycles. The highest BCUT2D eigenvalue weighted by atomic mass is 127. The van der Waals surface area contributed by atoms with Gasteiger partial charge in [0.1, 0.15) is 0 Å². The van der Waals surface area contributed by atoms with Crippen molar-refractivity contribution < 1.29 is 8.78 Å². The fourth-order valence-corrected chi connectivity index (χ4v) is 2.94. The highest BCUT2D eigenvalue weighted by molar-refractivity contribution is 14.2. The summed E-state index contributed by atoms with van der Waals surface area (Å²) in [4.78, 5) is 0. The molecule has 9 heavy (non-hydrogen) atoms. The van der Waals surface area contributed by atoms with Crippen LogP contribution in [-0.2, 0) is 0 Å². The van der Waals surface area contributed by atoms with Crippen LogP contribution in [0.5, 0.6) is 0 Å². The second kappa shape index (κ2) is 2.86. The molecular formula is C6H7F2I. The van der Waals surface area contributed by atoms with Gasteiger partial charge in [0, 0.05) is 6.42 Å². The summed E-state index contributed by atoms with van der Waals surface area (Å²) in [6.07, 6.45) is 1.91. The van der Waals surface area contributed by atoms with Crippen LogP contribution in [-0.4, -0.2) is 7.94 Å². The normalized spacial score (nSPS) is 28.1. The topological polar surface area (TPSA) is 0 Å². The lowest BCUT2D eigenvalue weighted by Crippen LogP contribution is -1.98. The summed E-state index contributed by atoms with van der Waals surface area (Å²) in [5.41, 5.74) is 0.825. The maximum Gasteiger partial charge on any atom is 0.153 e. The van der Waals surface area contributed by atoms with Crippen molar-refractivity contribution in [2.45, 2.75) is 17.5 Å². The van der Waals surface area contributed by atoms with Crippen molar-refractivity contribution in [3.05, 3.63) is 11.6 Å². The number of alkyl halides is 2. The zero-order valence-electron chi connectivity index (χ0n) is 5.00. The lowest BCUT2D eigenvalue weighted by Gasteiger charge is -2.07. The molecule has 0 radical (unpaired) electrons. The highest BCUT2D eigenvalue weighted by Crippen LogP contribution is 2.26. The molecule has 1 aliphatic heterocycles. The predicted octanol–water partition coefficient (Wildman–Crippen LogP) is 2.70. The SMILES string of the molecule is CC1=CC(F)=IC(F)C1. The van der Waals surface area contributed by atoms with Gasteiger partial charge in [-0.1, -0.05) is 5.57 Å². The Hall–Kier alpha value is 0.200. The molecule has 0 N–H and O–H groups in total. The molecule has 0 bridgehead atoms. The molecule has 1 aliphatic rings. The molecule has 0 nitrogen and oxygen atoms in total. The number of hydrogen-bond donors (Lipinski definition) is 0. The minimum atomic E-state index is -0.931. The summed E-state index contributed by atoms with van der Waals surface area (Å²) in [5, 5.41) is 0. The fraction of sp³-hybridized carbons (Fsp3) is 0.500. The van der Waals surface area contributed by atoms with Crippen LogP contribution >= 0.6 is 20.7 Å². The molecule has 1 atom stereocenters. The summed E-state index contributed by atoms with van der Waals surface area (Å²) < 4.78 is 23.7. The largest absolute Gasteiger partial charge is 0.236 e. The van der Waals surface area contributed by atoms with Crippen molar-refractivity contribution in [3.63, 3.8) is 0 Å². The maximum absolute atomic E-state index is 12.4. The summed E-state index contributed by atoms with van der Waals surface area (Å²) in [7, 11) is 0. The first-order valence-corrected chi connectivity index (χ1v) is 4.98. The van der Waals surface area contributed by atoms with Crippen LogP contribution in [0.2, 0.25) is 0 Å². The number of allylic oxidation sites excluding steroid dienone is 2. The van der Waals surface area contributed by atoms with Crippen molar-refractivity contribution in [1.29, 1.82) is 0 Å². The molecule has 1 unspecified atom stereocenters. The first kappa shape index (κ1) is 7.31. The molecule has 0 saturated carbocycles. The van der Waals surface area contributed by atoms with Gasteiger partial charge in [-0.15, -0.1) is 0 Å². The van der Waals surface area contributed by atoms with Gasteiger partial charge in [0.2, 0.25) is 0 Å². The Balaban J connectivity index is 2.74. The highest BCUT2D eigenvalue weighted by Gasteiger charge is 2.11. The van der Waals surface area contributed by atoms with Crippen molar-refractivity contribution >= 4 is 24.5 Å². The second-order valence-electron chi connectivity index (χ2n) is 1.98. The van der Waals surface area contributed by atoms with Gasteiger partial charge in [0.15, 0.2) is 7.94 Å². The van der Waals surface area contributed by atoms with Crippen molar-refractivity contribution in [3.8, 4) is 0 Å².